The summed E-state index contributed by atoms with van der Waals surface area (Å²) in [5, 5.41) is 15.2. The lowest BCUT2D eigenvalue weighted by Crippen LogP contribution is -2.40. The number of amides is 1. The maximum absolute atomic E-state index is 11.7. The lowest BCUT2D eigenvalue weighted by Gasteiger charge is -2.13. The Bertz CT molecular complexity index is 445. The van der Waals surface area contributed by atoms with Gasteiger partial charge in [0.1, 0.15) is 6.04 Å². The fourth-order valence-corrected chi connectivity index (χ4v) is 1.77. The van der Waals surface area contributed by atoms with Crippen LogP contribution < -0.4 is 5.32 Å². The van der Waals surface area contributed by atoms with Crippen LogP contribution in [0.5, 0.6) is 0 Å². The number of carboxylic acids is 1. The number of aliphatic carboxylic acids is 1. The van der Waals surface area contributed by atoms with E-state index in [1.54, 1.807) is 6.92 Å². The molecule has 1 heterocycles. The maximum Gasteiger partial charge on any atom is 0.326 e. The van der Waals surface area contributed by atoms with Crippen molar-refractivity contribution in [3.63, 3.8) is 0 Å². The molecule has 0 aliphatic rings. The third-order valence-electron chi connectivity index (χ3n) is 2.84. The summed E-state index contributed by atoms with van der Waals surface area (Å²) >= 11 is 0. The molecule has 0 unspecified atom stereocenters. The SMILES string of the molecule is CCCC[C@H](NC(=O)CCCc1nc(C)no1)C(=O)O. The van der Waals surface area contributed by atoms with E-state index in [1.165, 1.54) is 0 Å². The molecule has 0 spiro atoms. The number of unbranched alkanes of at least 4 members (excludes halogenated alkanes) is 1. The number of carbonyl (C=O) groups is 2. The van der Waals surface area contributed by atoms with Crippen molar-refractivity contribution in [3.05, 3.63) is 11.7 Å². The van der Waals surface area contributed by atoms with Gasteiger partial charge in [0, 0.05) is 12.8 Å². The molecule has 0 radical (unpaired) electrons. The van der Waals surface area contributed by atoms with E-state index < -0.39 is 12.0 Å². The minimum absolute atomic E-state index is 0.247. The van der Waals surface area contributed by atoms with Crippen LogP contribution >= 0.6 is 0 Å². The summed E-state index contributed by atoms with van der Waals surface area (Å²) < 4.78 is 4.93. The van der Waals surface area contributed by atoms with Gasteiger partial charge in [0.25, 0.3) is 0 Å². The van der Waals surface area contributed by atoms with E-state index in [1.807, 2.05) is 6.92 Å². The van der Waals surface area contributed by atoms with Gasteiger partial charge in [-0.05, 0) is 19.8 Å². The molecule has 1 atom stereocenters. The lowest BCUT2D eigenvalue weighted by molar-refractivity contribution is -0.142. The second-order valence-corrected chi connectivity index (χ2v) is 4.69. The number of aryl methyl sites for hydroxylation is 2. The fourth-order valence-electron chi connectivity index (χ4n) is 1.77. The van der Waals surface area contributed by atoms with Gasteiger partial charge in [-0.25, -0.2) is 4.79 Å². The van der Waals surface area contributed by atoms with Crippen molar-refractivity contribution in [2.75, 3.05) is 0 Å². The van der Waals surface area contributed by atoms with Crippen LogP contribution in [0.1, 0.15) is 50.7 Å². The molecule has 1 rings (SSSR count). The van der Waals surface area contributed by atoms with Crippen LogP contribution in [-0.2, 0) is 16.0 Å². The van der Waals surface area contributed by atoms with Crippen molar-refractivity contribution in [2.45, 2.75) is 58.4 Å². The van der Waals surface area contributed by atoms with Gasteiger partial charge in [0.2, 0.25) is 11.8 Å². The van der Waals surface area contributed by atoms with Gasteiger partial charge < -0.3 is 14.9 Å². The van der Waals surface area contributed by atoms with E-state index in [9.17, 15) is 9.59 Å². The number of rotatable bonds is 9. The van der Waals surface area contributed by atoms with Gasteiger partial charge >= 0.3 is 5.97 Å². The zero-order valence-electron chi connectivity index (χ0n) is 11.9. The Morgan fingerprint density at radius 2 is 2.15 bits per heavy atom. The highest BCUT2D eigenvalue weighted by molar-refractivity contribution is 5.83. The summed E-state index contributed by atoms with van der Waals surface area (Å²) in [5.41, 5.74) is 0. The molecule has 0 bridgehead atoms. The minimum atomic E-state index is -0.987. The van der Waals surface area contributed by atoms with E-state index in [0.29, 0.717) is 31.0 Å². The van der Waals surface area contributed by atoms with Crippen molar-refractivity contribution in [1.82, 2.24) is 15.5 Å². The van der Waals surface area contributed by atoms with E-state index in [4.69, 9.17) is 9.63 Å². The van der Waals surface area contributed by atoms with Crippen LogP contribution in [0.3, 0.4) is 0 Å². The molecule has 20 heavy (non-hydrogen) atoms. The molecule has 0 aliphatic heterocycles. The third kappa shape index (κ3) is 5.81. The van der Waals surface area contributed by atoms with Crippen LogP contribution in [0.15, 0.2) is 4.52 Å². The Morgan fingerprint density at radius 1 is 1.40 bits per heavy atom. The van der Waals surface area contributed by atoms with Crippen LogP contribution in [0.25, 0.3) is 0 Å². The number of hydrogen-bond acceptors (Lipinski definition) is 5. The van der Waals surface area contributed by atoms with Crippen LogP contribution in [0.4, 0.5) is 0 Å². The van der Waals surface area contributed by atoms with E-state index >= 15 is 0 Å². The second kappa shape index (κ2) is 8.29. The first kappa shape index (κ1) is 16.1. The van der Waals surface area contributed by atoms with Crippen molar-refractivity contribution in [2.24, 2.45) is 0 Å². The highest BCUT2D eigenvalue weighted by atomic mass is 16.5. The first-order valence-electron chi connectivity index (χ1n) is 6.84. The number of nitrogens with one attached hydrogen (secondary N) is 1. The van der Waals surface area contributed by atoms with Crippen molar-refractivity contribution in [1.29, 1.82) is 0 Å². The number of carboxylic acid groups (broad SMARTS) is 1. The average molecular weight is 283 g/mol. The maximum atomic E-state index is 11.7. The number of carbonyl (C=O) groups excluding carboxylic acids is 1. The van der Waals surface area contributed by atoms with Crippen LogP contribution in [0, 0.1) is 6.92 Å². The molecule has 0 saturated carbocycles. The molecule has 0 aromatic carbocycles. The number of hydrogen-bond donors (Lipinski definition) is 2. The molecule has 1 aromatic heterocycles. The predicted molar refractivity (Wildman–Crippen MR) is 71.1 cm³/mol. The summed E-state index contributed by atoms with van der Waals surface area (Å²) in [7, 11) is 0. The largest absolute Gasteiger partial charge is 0.480 e. The van der Waals surface area contributed by atoms with E-state index in [0.717, 1.165) is 12.8 Å². The average Bonchev–Trinajstić information content (AvgIpc) is 2.80. The second-order valence-electron chi connectivity index (χ2n) is 4.69. The predicted octanol–water partition coefficient (Wildman–Crippen LogP) is 1.46. The molecular formula is C13H21N3O4. The molecule has 1 aromatic rings. The molecule has 1 amide bonds. The fraction of sp³-hybridized carbons (Fsp3) is 0.692. The standard InChI is InChI=1S/C13H21N3O4/c1-3-4-6-10(13(18)19)15-11(17)7-5-8-12-14-9(2)16-20-12/h10H,3-8H2,1-2H3,(H,15,17)(H,18,19)/t10-/m0/s1. The topological polar surface area (TPSA) is 105 Å². The van der Waals surface area contributed by atoms with Gasteiger partial charge in [-0.2, -0.15) is 4.98 Å². The molecule has 7 heteroatoms. The van der Waals surface area contributed by atoms with Crippen molar-refractivity contribution in [3.8, 4) is 0 Å². The van der Waals surface area contributed by atoms with Gasteiger partial charge in [-0.3, -0.25) is 4.79 Å². The molecule has 112 valence electrons. The smallest absolute Gasteiger partial charge is 0.326 e. The summed E-state index contributed by atoms with van der Waals surface area (Å²) in [6.45, 7) is 3.71. The first-order valence-corrected chi connectivity index (χ1v) is 6.84. The highest BCUT2D eigenvalue weighted by Gasteiger charge is 2.18. The Balaban J connectivity index is 2.28. The van der Waals surface area contributed by atoms with Gasteiger partial charge in [0.15, 0.2) is 5.82 Å². The van der Waals surface area contributed by atoms with Gasteiger partial charge in [0.05, 0.1) is 0 Å². The van der Waals surface area contributed by atoms with E-state index in [2.05, 4.69) is 15.5 Å². The highest BCUT2D eigenvalue weighted by Crippen LogP contribution is 2.05. The first-order chi connectivity index (χ1) is 9.52. The van der Waals surface area contributed by atoms with Crippen molar-refractivity contribution < 1.29 is 19.2 Å². The van der Waals surface area contributed by atoms with Gasteiger partial charge in [-0.1, -0.05) is 24.9 Å². The third-order valence-corrected chi connectivity index (χ3v) is 2.84. The lowest BCUT2D eigenvalue weighted by atomic mass is 10.1. The molecule has 7 nitrogen and oxygen atoms in total. The van der Waals surface area contributed by atoms with E-state index in [-0.39, 0.29) is 12.3 Å². The monoisotopic (exact) mass is 283 g/mol. The summed E-state index contributed by atoms with van der Waals surface area (Å²) in [6, 6.07) is -0.798. The molecule has 2 N–H and O–H groups in total. The zero-order valence-corrected chi connectivity index (χ0v) is 11.9. The molecule has 0 saturated heterocycles. The Hall–Kier alpha value is -1.92. The molecule has 0 aliphatic carbocycles. The molecule has 0 fully saturated rings. The Morgan fingerprint density at radius 3 is 2.70 bits per heavy atom. The minimum Gasteiger partial charge on any atom is -0.480 e. The number of aromatic nitrogens is 2. The van der Waals surface area contributed by atoms with Crippen LogP contribution in [-0.4, -0.2) is 33.2 Å². The summed E-state index contributed by atoms with van der Waals surface area (Å²) in [4.78, 5) is 26.7. The van der Waals surface area contributed by atoms with Crippen molar-refractivity contribution >= 4 is 11.9 Å². The van der Waals surface area contributed by atoms with Crippen LogP contribution in [0.2, 0.25) is 0 Å². The Labute approximate surface area is 117 Å². The molecular weight excluding hydrogens is 262 g/mol. The normalized spacial score (nSPS) is 12.1. The zero-order chi connectivity index (χ0) is 15.0. The quantitative estimate of drug-likeness (QED) is 0.710. The van der Waals surface area contributed by atoms with Gasteiger partial charge in [-0.15, -0.1) is 0 Å². The Kier molecular flexibility index (Phi) is 6.69. The number of nitrogens with zero attached hydrogens (tertiary/aromatic N) is 2. The summed E-state index contributed by atoms with van der Waals surface area (Å²) in [6.07, 6.45) is 3.45. The summed E-state index contributed by atoms with van der Waals surface area (Å²) in [5.74, 6) is -0.185.